The number of aliphatic hydroxyl groups excluding tert-OH is 1. The Morgan fingerprint density at radius 1 is 1.04 bits per heavy atom. The normalized spacial score (nSPS) is 14.7. The number of methoxy groups -OCH3 is 1. The fraction of sp³-hybridized carbons (Fsp3) is 0.152. The molecule has 0 saturated heterocycles. The number of carbonyl (C=O) groups is 2. The van der Waals surface area contributed by atoms with Crippen LogP contribution in [0.1, 0.15) is 39.0 Å². The monoisotopic (exact) mass is 693 g/mol. The van der Waals surface area contributed by atoms with E-state index in [1.54, 1.807) is 43.3 Å². The highest BCUT2D eigenvalue weighted by atomic mass is 35.5. The zero-order valence-corrected chi connectivity index (χ0v) is 27.5. The van der Waals surface area contributed by atoms with Crippen LogP contribution >= 0.6 is 46.3 Å². The molecule has 0 bridgehead atoms. The Morgan fingerprint density at radius 2 is 1.85 bits per heavy atom. The number of thioether (sulfide) groups is 1. The van der Waals surface area contributed by atoms with E-state index in [2.05, 4.69) is 10.2 Å². The van der Waals surface area contributed by atoms with Crippen LogP contribution in [0.5, 0.6) is 11.5 Å². The maximum Gasteiger partial charge on any atom is 0.296 e. The van der Waals surface area contributed by atoms with E-state index < -0.39 is 23.5 Å². The number of hydrogen-bond acceptors (Lipinski definition) is 10. The summed E-state index contributed by atoms with van der Waals surface area (Å²) >= 11 is 14.9. The van der Waals surface area contributed by atoms with Crippen molar-refractivity contribution in [3.8, 4) is 11.5 Å². The molecule has 0 spiro atoms. The number of ether oxygens (including phenoxy) is 2. The number of aryl methyl sites for hydroxylation is 1. The minimum absolute atomic E-state index is 0.0122. The largest absolute Gasteiger partial charge is 0.503 e. The molecule has 0 radical (unpaired) electrons. The van der Waals surface area contributed by atoms with Crippen LogP contribution in [0.2, 0.25) is 10.0 Å². The zero-order valence-electron chi connectivity index (χ0n) is 24.4. The Labute approximate surface area is 282 Å². The van der Waals surface area contributed by atoms with Crippen molar-refractivity contribution in [2.24, 2.45) is 0 Å². The molecule has 0 fully saturated rings. The molecule has 1 atom stereocenters. The van der Waals surface area contributed by atoms with Gasteiger partial charge in [-0.2, -0.15) is 0 Å². The Bertz CT molecular complexity index is 1960. The van der Waals surface area contributed by atoms with Crippen LogP contribution in [0.25, 0.3) is 0 Å². The van der Waals surface area contributed by atoms with Gasteiger partial charge in [0.2, 0.25) is 10.9 Å². The van der Waals surface area contributed by atoms with E-state index in [1.807, 2.05) is 36.4 Å². The number of halogens is 2. The lowest BCUT2D eigenvalue weighted by atomic mass is 9.95. The molecule has 5 aromatic rings. The van der Waals surface area contributed by atoms with E-state index in [-0.39, 0.29) is 16.5 Å². The summed E-state index contributed by atoms with van der Waals surface area (Å²) in [7, 11) is 1.50. The lowest BCUT2D eigenvalue weighted by Gasteiger charge is -2.24. The SMILES string of the molecule is COc1cc(C2C(C(=O)c3ccc(C)o3)=C(O)C(=O)N2c2nnc(SCc3ccc(Cl)cc3Cl)s2)ccc1OCc1ccccc1. The quantitative estimate of drug-likeness (QED) is 0.0827. The maximum absolute atomic E-state index is 13.8. The second-order valence-electron chi connectivity index (χ2n) is 10.1. The molecule has 234 valence electrons. The van der Waals surface area contributed by atoms with Crippen LogP contribution in [-0.4, -0.2) is 34.1 Å². The topological polar surface area (TPSA) is 115 Å². The molecule has 0 saturated carbocycles. The lowest BCUT2D eigenvalue weighted by molar-refractivity contribution is -0.117. The molecule has 9 nitrogen and oxygen atoms in total. The lowest BCUT2D eigenvalue weighted by Crippen LogP contribution is -2.31. The third-order valence-electron chi connectivity index (χ3n) is 7.13. The summed E-state index contributed by atoms with van der Waals surface area (Å²) in [6.07, 6.45) is 0. The summed E-state index contributed by atoms with van der Waals surface area (Å²) in [6, 6.07) is 22.1. The molecule has 1 N–H and O–H groups in total. The number of aliphatic hydroxyl groups is 1. The predicted molar refractivity (Wildman–Crippen MR) is 177 cm³/mol. The molecule has 1 aliphatic heterocycles. The number of nitrogens with zero attached hydrogens (tertiary/aromatic N) is 3. The summed E-state index contributed by atoms with van der Waals surface area (Å²) in [4.78, 5) is 28.7. The molecule has 1 amide bonds. The Morgan fingerprint density at radius 3 is 2.57 bits per heavy atom. The smallest absolute Gasteiger partial charge is 0.296 e. The van der Waals surface area contributed by atoms with Crippen molar-refractivity contribution in [3.63, 3.8) is 0 Å². The first-order valence-corrected chi connectivity index (χ1v) is 16.4. The Kier molecular flexibility index (Phi) is 9.37. The van der Waals surface area contributed by atoms with Crippen molar-refractivity contribution in [1.29, 1.82) is 0 Å². The summed E-state index contributed by atoms with van der Waals surface area (Å²) < 4.78 is 17.8. The molecule has 2 aromatic heterocycles. The highest BCUT2D eigenvalue weighted by molar-refractivity contribution is 8.00. The first-order valence-electron chi connectivity index (χ1n) is 13.9. The van der Waals surface area contributed by atoms with Gasteiger partial charge in [-0.05, 0) is 60.0 Å². The first kappa shape index (κ1) is 31.7. The molecule has 46 heavy (non-hydrogen) atoms. The van der Waals surface area contributed by atoms with Crippen LogP contribution in [0.4, 0.5) is 5.13 Å². The maximum atomic E-state index is 13.8. The summed E-state index contributed by atoms with van der Waals surface area (Å²) in [5.41, 5.74) is 2.14. The number of carbonyl (C=O) groups excluding carboxylic acids is 2. The Balaban J connectivity index is 1.34. The van der Waals surface area contributed by atoms with Gasteiger partial charge in [-0.3, -0.25) is 14.5 Å². The fourth-order valence-electron chi connectivity index (χ4n) is 4.88. The van der Waals surface area contributed by atoms with Gasteiger partial charge < -0.3 is 19.0 Å². The van der Waals surface area contributed by atoms with Crippen molar-refractivity contribution in [2.75, 3.05) is 12.0 Å². The van der Waals surface area contributed by atoms with E-state index in [1.165, 1.54) is 29.8 Å². The molecule has 13 heteroatoms. The molecular weight excluding hydrogens is 669 g/mol. The van der Waals surface area contributed by atoms with Crippen LogP contribution in [0.3, 0.4) is 0 Å². The zero-order chi connectivity index (χ0) is 32.4. The van der Waals surface area contributed by atoms with Crippen molar-refractivity contribution in [2.45, 2.75) is 29.7 Å². The van der Waals surface area contributed by atoms with Crippen molar-refractivity contribution >= 4 is 63.1 Å². The standard InChI is InChI=1S/C33H25Cl2N3O6S2/c1-18-8-12-25(44-18)29(39)27-28(20-10-13-24(26(14-20)42-2)43-16-19-6-4-3-5-7-19)38(31(41)30(27)40)32-36-37-33(46-32)45-17-21-9-11-22(34)15-23(21)35/h3-15,28,40H,16-17H2,1-2H3. The first-order chi connectivity index (χ1) is 22.2. The predicted octanol–water partition coefficient (Wildman–Crippen LogP) is 8.41. The number of hydrogen-bond donors (Lipinski definition) is 1. The van der Waals surface area contributed by atoms with Gasteiger partial charge in [-0.1, -0.05) is 88.8 Å². The molecule has 3 aromatic carbocycles. The number of amides is 1. The van der Waals surface area contributed by atoms with Gasteiger partial charge in [0.15, 0.2) is 27.4 Å². The molecule has 1 aliphatic rings. The second-order valence-corrected chi connectivity index (χ2v) is 13.2. The van der Waals surface area contributed by atoms with E-state index in [0.29, 0.717) is 49.6 Å². The second kappa shape index (κ2) is 13.6. The highest BCUT2D eigenvalue weighted by Crippen LogP contribution is 2.46. The average Bonchev–Trinajstić information content (AvgIpc) is 3.77. The summed E-state index contributed by atoms with van der Waals surface area (Å²) in [5.74, 6) is -0.319. The minimum atomic E-state index is -1.07. The van der Waals surface area contributed by atoms with E-state index in [9.17, 15) is 14.7 Å². The van der Waals surface area contributed by atoms with Crippen LogP contribution in [0.15, 0.2) is 99.0 Å². The third kappa shape index (κ3) is 6.50. The van der Waals surface area contributed by atoms with Gasteiger partial charge >= 0.3 is 0 Å². The number of anilines is 1. The molecule has 3 heterocycles. The number of furan rings is 1. The van der Waals surface area contributed by atoms with E-state index in [0.717, 1.165) is 22.5 Å². The van der Waals surface area contributed by atoms with Gasteiger partial charge in [0.05, 0.1) is 18.7 Å². The van der Waals surface area contributed by atoms with Gasteiger partial charge in [-0.15, -0.1) is 10.2 Å². The molecular formula is C33H25Cl2N3O6S2. The molecule has 0 aliphatic carbocycles. The Hall–Kier alpha value is -4.29. The minimum Gasteiger partial charge on any atom is -0.503 e. The van der Waals surface area contributed by atoms with Gasteiger partial charge in [-0.25, -0.2) is 0 Å². The fourth-order valence-corrected chi connectivity index (χ4v) is 7.31. The van der Waals surface area contributed by atoms with Crippen molar-refractivity contribution in [1.82, 2.24) is 10.2 Å². The van der Waals surface area contributed by atoms with Gasteiger partial charge in [0.1, 0.15) is 12.4 Å². The van der Waals surface area contributed by atoms with Crippen molar-refractivity contribution in [3.05, 3.63) is 128 Å². The molecule has 1 unspecified atom stereocenters. The van der Waals surface area contributed by atoms with Gasteiger partial charge in [0, 0.05) is 15.8 Å². The number of ketones is 1. The van der Waals surface area contributed by atoms with Crippen LogP contribution in [-0.2, 0) is 17.2 Å². The third-order valence-corrected chi connectivity index (χ3v) is 9.82. The van der Waals surface area contributed by atoms with Gasteiger partial charge in [0.25, 0.3) is 5.91 Å². The molecule has 6 rings (SSSR count). The van der Waals surface area contributed by atoms with Crippen molar-refractivity contribution < 1.29 is 28.6 Å². The van der Waals surface area contributed by atoms with Crippen LogP contribution < -0.4 is 14.4 Å². The summed E-state index contributed by atoms with van der Waals surface area (Å²) in [5, 5.41) is 20.9. The number of Topliss-reactive ketones (excluding diaryl/α,β-unsaturated/α-hetero) is 1. The van der Waals surface area contributed by atoms with E-state index >= 15 is 0 Å². The average molecular weight is 695 g/mol. The highest BCUT2D eigenvalue weighted by Gasteiger charge is 2.47. The van der Waals surface area contributed by atoms with E-state index in [4.69, 9.17) is 37.1 Å². The number of rotatable bonds is 11. The number of benzene rings is 3. The summed E-state index contributed by atoms with van der Waals surface area (Å²) in [6.45, 7) is 2.00. The number of aromatic nitrogens is 2. The van der Waals surface area contributed by atoms with Crippen LogP contribution in [0, 0.1) is 6.92 Å².